The van der Waals surface area contributed by atoms with Crippen LogP contribution in [0.15, 0.2) is 109 Å². The maximum Gasteiger partial charge on any atom is 0.320 e. The Morgan fingerprint density at radius 1 is 0.446 bits per heavy atom. The Kier molecular flexibility index (Phi) is 16.6. The maximum absolute atomic E-state index is 10.6. The maximum atomic E-state index is 10.6. The summed E-state index contributed by atoms with van der Waals surface area (Å²) in [4.78, 5) is 48.2. The number of aromatic amines is 2. The molecule has 2 aromatic heterocycles. The largest absolute Gasteiger partial charge is 0.508 e. The van der Waals surface area contributed by atoms with E-state index in [4.69, 9.17) is 53.6 Å². The minimum absolute atomic E-state index is 0.160. The zero-order chi connectivity index (χ0) is 41.4. The summed E-state index contributed by atoms with van der Waals surface area (Å²) in [5.74, 6) is -3.66. The number of carboxylic acid groups (broad SMARTS) is 4. The first-order valence-electron chi connectivity index (χ1n) is 17.1. The third-order valence-electron chi connectivity index (χ3n) is 8.28. The van der Waals surface area contributed by atoms with Gasteiger partial charge in [-0.25, -0.2) is 0 Å². The smallest absolute Gasteiger partial charge is 0.320 e. The highest BCUT2D eigenvalue weighted by Crippen LogP contribution is 2.20. The third kappa shape index (κ3) is 13.9. The number of aromatic hydroxyl groups is 2. The standard InChI is InChI=1S/2C11H12N2O2.2C9H11NO3/c2*12-9(11(14)15)5-7-6-13-10-4-2-1-3-8(7)10;2*10-8(9(12)13)5-6-1-3-7(11)4-2-6/h2*1-4,6,9,13H,5,12H2,(H,14,15);2*1-4,8,11H,5,10H2,(H,12,13). The van der Waals surface area contributed by atoms with Crippen molar-refractivity contribution in [2.24, 2.45) is 22.9 Å². The molecular weight excluding hydrogens is 724 g/mol. The lowest BCUT2D eigenvalue weighted by atomic mass is 10.1. The molecule has 2 heterocycles. The number of phenolic OH excluding ortho intramolecular Hbond substituents is 2. The predicted molar refractivity (Wildman–Crippen MR) is 210 cm³/mol. The van der Waals surface area contributed by atoms with Crippen LogP contribution in [0.4, 0.5) is 0 Å². The van der Waals surface area contributed by atoms with Crippen molar-refractivity contribution in [3.63, 3.8) is 0 Å². The van der Waals surface area contributed by atoms with E-state index < -0.39 is 48.0 Å². The molecule has 296 valence electrons. The van der Waals surface area contributed by atoms with Gasteiger partial charge in [0.2, 0.25) is 0 Å². The van der Waals surface area contributed by atoms with Crippen LogP contribution in [0.2, 0.25) is 0 Å². The van der Waals surface area contributed by atoms with Crippen molar-refractivity contribution in [2.75, 3.05) is 0 Å². The molecule has 0 aliphatic rings. The average Bonchev–Trinajstić information content (AvgIpc) is 3.78. The number of aliphatic carboxylic acids is 4. The highest BCUT2D eigenvalue weighted by atomic mass is 16.4. The van der Waals surface area contributed by atoms with Crippen LogP contribution in [0.3, 0.4) is 0 Å². The number of H-pyrrole nitrogens is 2. The Morgan fingerprint density at radius 3 is 1.04 bits per heavy atom. The molecule has 4 unspecified atom stereocenters. The van der Waals surface area contributed by atoms with E-state index >= 15 is 0 Å². The van der Waals surface area contributed by atoms with Gasteiger partial charge in [-0.3, -0.25) is 19.2 Å². The molecule has 6 aromatic rings. The lowest BCUT2D eigenvalue weighted by Gasteiger charge is -2.05. The van der Waals surface area contributed by atoms with Gasteiger partial charge in [0.25, 0.3) is 0 Å². The van der Waals surface area contributed by atoms with Gasteiger partial charge in [-0.05, 0) is 71.5 Å². The molecule has 0 spiro atoms. The van der Waals surface area contributed by atoms with Crippen molar-refractivity contribution >= 4 is 45.7 Å². The number of fused-ring (bicyclic) bond motifs is 2. The van der Waals surface area contributed by atoms with Crippen LogP contribution in [0.25, 0.3) is 21.8 Å². The summed E-state index contributed by atoms with van der Waals surface area (Å²) in [5, 5.41) is 54.5. The van der Waals surface area contributed by atoms with Crippen molar-refractivity contribution in [3.05, 3.63) is 132 Å². The van der Waals surface area contributed by atoms with Crippen LogP contribution in [0.5, 0.6) is 11.5 Å². The number of nitrogens with one attached hydrogen (secondary N) is 2. The van der Waals surface area contributed by atoms with Crippen molar-refractivity contribution < 1.29 is 49.8 Å². The molecule has 0 radical (unpaired) electrons. The number of carbonyl (C=O) groups is 4. The summed E-state index contributed by atoms with van der Waals surface area (Å²) < 4.78 is 0. The van der Waals surface area contributed by atoms with E-state index in [0.717, 1.165) is 44.1 Å². The second-order valence-electron chi connectivity index (χ2n) is 12.6. The Morgan fingerprint density at radius 2 is 0.732 bits per heavy atom. The van der Waals surface area contributed by atoms with Crippen LogP contribution < -0.4 is 22.9 Å². The first-order chi connectivity index (χ1) is 26.5. The quantitative estimate of drug-likeness (QED) is 0.0852. The van der Waals surface area contributed by atoms with Crippen molar-refractivity contribution in [1.29, 1.82) is 0 Å². The van der Waals surface area contributed by atoms with Gasteiger partial charge in [-0.2, -0.15) is 0 Å². The van der Waals surface area contributed by atoms with Gasteiger partial charge in [0, 0.05) is 47.0 Å². The Balaban J connectivity index is 0.000000201. The van der Waals surface area contributed by atoms with Gasteiger partial charge in [0.05, 0.1) is 0 Å². The van der Waals surface area contributed by atoms with Crippen LogP contribution in [-0.4, -0.2) is 88.7 Å². The lowest BCUT2D eigenvalue weighted by molar-refractivity contribution is -0.139. The van der Waals surface area contributed by atoms with Gasteiger partial charge in [0.1, 0.15) is 35.7 Å². The van der Waals surface area contributed by atoms with E-state index in [1.807, 2.05) is 60.9 Å². The number of aromatic nitrogens is 2. The molecule has 0 aliphatic heterocycles. The third-order valence-corrected chi connectivity index (χ3v) is 8.28. The molecule has 0 aliphatic carbocycles. The number of carboxylic acids is 4. The number of para-hydroxylation sites is 2. The molecule has 0 saturated heterocycles. The Labute approximate surface area is 321 Å². The lowest BCUT2D eigenvalue weighted by Crippen LogP contribution is -2.32. The highest BCUT2D eigenvalue weighted by molar-refractivity contribution is 5.85. The zero-order valence-corrected chi connectivity index (χ0v) is 30.2. The molecule has 6 rings (SSSR count). The second-order valence-corrected chi connectivity index (χ2v) is 12.6. The van der Waals surface area contributed by atoms with Crippen molar-refractivity contribution in [3.8, 4) is 11.5 Å². The minimum Gasteiger partial charge on any atom is -0.508 e. The number of rotatable bonds is 12. The Hall–Kier alpha value is -6.72. The van der Waals surface area contributed by atoms with Crippen LogP contribution in [0.1, 0.15) is 22.3 Å². The molecule has 0 fully saturated rings. The summed E-state index contributed by atoms with van der Waals surface area (Å²) in [6.45, 7) is 0. The molecule has 4 aromatic carbocycles. The second kappa shape index (κ2) is 21.2. The Bertz CT molecular complexity index is 2030. The highest BCUT2D eigenvalue weighted by Gasteiger charge is 2.16. The summed E-state index contributed by atoms with van der Waals surface area (Å²) in [5.41, 5.74) is 27.1. The van der Waals surface area contributed by atoms with E-state index in [2.05, 4.69) is 9.97 Å². The van der Waals surface area contributed by atoms with E-state index in [0.29, 0.717) is 12.8 Å². The molecule has 16 N–H and O–H groups in total. The van der Waals surface area contributed by atoms with Gasteiger partial charge in [0.15, 0.2) is 0 Å². The topological polar surface area (TPSA) is 325 Å². The fourth-order valence-corrected chi connectivity index (χ4v) is 5.20. The predicted octanol–water partition coefficient (Wildman–Crippen LogP) is 2.94. The summed E-state index contributed by atoms with van der Waals surface area (Å²) in [7, 11) is 0. The molecule has 0 bridgehead atoms. The average molecular weight is 771 g/mol. The van der Waals surface area contributed by atoms with Crippen LogP contribution in [-0.2, 0) is 44.9 Å². The summed E-state index contributed by atoms with van der Waals surface area (Å²) in [6, 6.07) is 24.7. The molecular formula is C40H46N6O10. The van der Waals surface area contributed by atoms with E-state index in [1.54, 1.807) is 24.3 Å². The van der Waals surface area contributed by atoms with Crippen molar-refractivity contribution in [2.45, 2.75) is 49.9 Å². The first kappa shape index (κ1) is 43.7. The van der Waals surface area contributed by atoms with Gasteiger partial charge < -0.3 is 63.5 Å². The number of nitrogens with two attached hydrogens (primary N) is 4. The molecule has 16 heteroatoms. The number of benzene rings is 4. The van der Waals surface area contributed by atoms with E-state index in [9.17, 15) is 19.2 Å². The van der Waals surface area contributed by atoms with Gasteiger partial charge >= 0.3 is 23.9 Å². The normalized spacial score (nSPS) is 12.6. The number of phenols is 2. The summed E-state index contributed by atoms with van der Waals surface area (Å²) in [6.07, 6.45) is 4.87. The van der Waals surface area contributed by atoms with E-state index in [1.165, 1.54) is 24.3 Å². The number of hydrogen-bond acceptors (Lipinski definition) is 10. The fraction of sp³-hybridized carbons (Fsp3) is 0.200. The SMILES string of the molecule is NC(Cc1c[nH]c2ccccc12)C(=O)O.NC(Cc1c[nH]c2ccccc12)C(=O)O.NC(Cc1ccc(O)cc1)C(=O)O.NC(Cc1ccc(O)cc1)C(=O)O. The molecule has 4 atom stereocenters. The van der Waals surface area contributed by atoms with Crippen LogP contribution >= 0.6 is 0 Å². The monoisotopic (exact) mass is 770 g/mol. The van der Waals surface area contributed by atoms with Crippen molar-refractivity contribution in [1.82, 2.24) is 9.97 Å². The zero-order valence-electron chi connectivity index (χ0n) is 30.2. The molecule has 16 nitrogen and oxygen atoms in total. The molecule has 0 amide bonds. The van der Waals surface area contributed by atoms with Gasteiger partial charge in [-0.1, -0.05) is 60.7 Å². The number of hydrogen-bond donors (Lipinski definition) is 12. The van der Waals surface area contributed by atoms with Gasteiger partial charge in [-0.15, -0.1) is 0 Å². The molecule has 56 heavy (non-hydrogen) atoms. The minimum atomic E-state index is -1.02. The van der Waals surface area contributed by atoms with Crippen LogP contribution in [0, 0.1) is 0 Å². The molecule has 0 saturated carbocycles. The summed E-state index contributed by atoms with van der Waals surface area (Å²) >= 11 is 0. The van der Waals surface area contributed by atoms with E-state index in [-0.39, 0.29) is 24.3 Å². The fourth-order valence-electron chi connectivity index (χ4n) is 5.20. The first-order valence-corrected chi connectivity index (χ1v) is 17.1.